The Morgan fingerprint density at radius 2 is 1.75 bits per heavy atom. The monoisotopic (exact) mass is 461 g/mol. The van der Waals surface area contributed by atoms with Crippen molar-refractivity contribution in [3.05, 3.63) is 62.7 Å². The first kappa shape index (κ1) is 27.2. The number of methoxy groups -OCH3 is 1. The molecule has 0 heterocycles. The molecule has 0 aliphatic rings. The molecule has 0 aromatic heterocycles. The van der Waals surface area contributed by atoms with Crippen LogP contribution in [0.25, 0.3) is 0 Å². The topological polar surface area (TPSA) is 85.9 Å². The highest BCUT2D eigenvalue weighted by molar-refractivity contribution is 6.32. The van der Waals surface area contributed by atoms with Crippen molar-refractivity contribution in [2.24, 2.45) is 0 Å². The van der Waals surface area contributed by atoms with Gasteiger partial charge < -0.3 is 19.4 Å². The minimum Gasteiger partial charge on any atom is -0.383 e. The third-order valence-electron chi connectivity index (χ3n) is 4.83. The fourth-order valence-corrected chi connectivity index (χ4v) is 3.06. The van der Waals surface area contributed by atoms with Crippen molar-refractivity contribution in [3.63, 3.8) is 0 Å². The Balaban J connectivity index is 0.000000320. The lowest BCUT2D eigenvalue weighted by molar-refractivity contribution is -0.384. The zero-order valence-electron chi connectivity index (χ0n) is 19.6. The predicted molar refractivity (Wildman–Crippen MR) is 131 cm³/mol. The normalized spacial score (nSPS) is 10.2. The third kappa shape index (κ3) is 8.71. The van der Waals surface area contributed by atoms with Gasteiger partial charge in [-0.15, -0.1) is 0 Å². The van der Waals surface area contributed by atoms with Crippen molar-refractivity contribution in [1.82, 2.24) is 4.90 Å². The summed E-state index contributed by atoms with van der Waals surface area (Å²) in [7, 11) is 9.68. The van der Waals surface area contributed by atoms with Crippen molar-refractivity contribution < 1.29 is 9.66 Å². The van der Waals surface area contributed by atoms with E-state index < -0.39 is 0 Å². The summed E-state index contributed by atoms with van der Waals surface area (Å²) in [6.45, 7) is 5.16. The molecular formula is C23H32ClN5O3. The summed E-state index contributed by atoms with van der Waals surface area (Å²) in [5.74, 6) is 0. The van der Waals surface area contributed by atoms with E-state index in [4.69, 9.17) is 21.6 Å². The molecule has 0 aliphatic carbocycles. The lowest BCUT2D eigenvalue weighted by Crippen LogP contribution is -2.28. The van der Waals surface area contributed by atoms with Crippen LogP contribution in [0.2, 0.25) is 5.02 Å². The highest BCUT2D eigenvalue weighted by Gasteiger charge is 2.10. The number of hydrogen-bond acceptors (Lipinski definition) is 7. The number of likely N-dealkylation sites (N-methyl/N-ethyl adjacent to an activating group) is 3. The molecule has 2 aromatic rings. The number of ether oxygens (including phenoxy) is 1. The van der Waals surface area contributed by atoms with Gasteiger partial charge in [0.15, 0.2) is 0 Å². The summed E-state index contributed by atoms with van der Waals surface area (Å²) in [6, 6.07) is 12.4. The summed E-state index contributed by atoms with van der Waals surface area (Å²) in [6.07, 6.45) is 0. The molecule has 0 amide bonds. The van der Waals surface area contributed by atoms with Crippen LogP contribution in [0.5, 0.6) is 0 Å². The van der Waals surface area contributed by atoms with Crippen LogP contribution in [0.1, 0.15) is 11.1 Å². The average Bonchev–Trinajstić information content (AvgIpc) is 2.75. The first-order valence-corrected chi connectivity index (χ1v) is 10.5. The number of rotatable bonds is 9. The molecule has 0 saturated heterocycles. The number of nitro groups is 1. The Hall–Kier alpha value is -2.86. The van der Waals surface area contributed by atoms with E-state index in [1.54, 1.807) is 25.3 Å². The maximum atomic E-state index is 10.6. The summed E-state index contributed by atoms with van der Waals surface area (Å²) in [5.41, 5.74) is 3.56. The first-order valence-electron chi connectivity index (χ1n) is 10.1. The first-order chi connectivity index (χ1) is 15.1. The molecule has 32 heavy (non-hydrogen) atoms. The Morgan fingerprint density at radius 1 is 1.06 bits per heavy atom. The SMILES string of the molecule is CN(C)CCN(C)c1ccc(C#N)c(Cl)c1.COCCN(C)c1ccc([N+](=O)[O-])cc1C. The van der Waals surface area contributed by atoms with E-state index in [-0.39, 0.29) is 10.6 Å². The quantitative estimate of drug-likeness (QED) is 0.408. The summed E-state index contributed by atoms with van der Waals surface area (Å²) in [4.78, 5) is 16.5. The summed E-state index contributed by atoms with van der Waals surface area (Å²) >= 11 is 5.98. The second-order valence-electron chi connectivity index (χ2n) is 7.64. The van der Waals surface area contributed by atoms with E-state index in [0.29, 0.717) is 17.2 Å². The molecule has 8 nitrogen and oxygen atoms in total. The largest absolute Gasteiger partial charge is 0.383 e. The molecule has 9 heteroatoms. The van der Waals surface area contributed by atoms with Crippen LogP contribution in [0.3, 0.4) is 0 Å². The van der Waals surface area contributed by atoms with Gasteiger partial charge in [0.05, 0.1) is 22.1 Å². The molecule has 0 aliphatic heterocycles. The molecular weight excluding hydrogens is 430 g/mol. The molecule has 2 aromatic carbocycles. The van der Waals surface area contributed by atoms with Gasteiger partial charge in [-0.2, -0.15) is 5.26 Å². The summed E-state index contributed by atoms with van der Waals surface area (Å²) < 4.78 is 4.99. The number of non-ortho nitro benzene ring substituents is 1. The maximum absolute atomic E-state index is 10.6. The van der Waals surface area contributed by atoms with Gasteiger partial charge in [-0.1, -0.05) is 11.6 Å². The van der Waals surface area contributed by atoms with Crippen LogP contribution >= 0.6 is 11.6 Å². The Morgan fingerprint density at radius 3 is 2.25 bits per heavy atom. The fourth-order valence-electron chi connectivity index (χ4n) is 2.84. The van der Waals surface area contributed by atoms with Crippen LogP contribution in [0.4, 0.5) is 17.1 Å². The molecule has 174 valence electrons. The van der Waals surface area contributed by atoms with E-state index in [1.807, 2.05) is 52.1 Å². The standard InChI is InChI=1S/C12H16ClN3.C11H16N2O3/c1-15(2)6-7-16(3)11-5-4-10(9-14)12(13)8-11;1-9-8-10(13(14)15)4-5-11(9)12(2)6-7-16-3/h2*4-5,8H,6-7H2,1-3H3. The van der Waals surface area contributed by atoms with Gasteiger partial charge in [0.1, 0.15) is 6.07 Å². The highest BCUT2D eigenvalue weighted by atomic mass is 35.5. The van der Waals surface area contributed by atoms with Crippen LogP contribution in [0, 0.1) is 28.4 Å². The smallest absolute Gasteiger partial charge is 0.269 e. The number of benzene rings is 2. The van der Waals surface area contributed by atoms with E-state index in [2.05, 4.69) is 15.9 Å². The molecule has 0 unspecified atom stereocenters. The van der Waals surface area contributed by atoms with Gasteiger partial charge in [-0.25, -0.2) is 0 Å². The second kappa shape index (κ2) is 13.5. The van der Waals surface area contributed by atoms with Gasteiger partial charge >= 0.3 is 0 Å². The average molecular weight is 462 g/mol. The second-order valence-corrected chi connectivity index (χ2v) is 8.05. The predicted octanol–water partition coefficient (Wildman–Crippen LogP) is 4.20. The minimum absolute atomic E-state index is 0.126. The summed E-state index contributed by atoms with van der Waals surface area (Å²) in [5, 5.41) is 19.9. The van der Waals surface area contributed by atoms with E-state index >= 15 is 0 Å². The fraction of sp³-hybridized carbons (Fsp3) is 0.435. The van der Waals surface area contributed by atoms with Crippen LogP contribution in [-0.4, -0.2) is 71.4 Å². The van der Waals surface area contributed by atoms with Crippen molar-refractivity contribution in [1.29, 1.82) is 5.26 Å². The molecule has 0 fully saturated rings. The number of nitriles is 1. The van der Waals surface area contributed by atoms with Crippen molar-refractivity contribution in [3.8, 4) is 6.07 Å². The van der Waals surface area contributed by atoms with Crippen molar-refractivity contribution in [2.75, 3.05) is 71.3 Å². The van der Waals surface area contributed by atoms with Crippen LogP contribution < -0.4 is 9.80 Å². The van der Waals surface area contributed by atoms with Gasteiger partial charge in [0.25, 0.3) is 5.69 Å². The maximum Gasteiger partial charge on any atom is 0.269 e. The van der Waals surface area contributed by atoms with Crippen LogP contribution in [-0.2, 0) is 4.74 Å². The zero-order chi connectivity index (χ0) is 24.3. The van der Waals surface area contributed by atoms with Gasteiger partial charge in [-0.05, 0) is 50.8 Å². The molecule has 0 atom stereocenters. The minimum atomic E-state index is -0.383. The molecule has 0 spiro atoms. The zero-order valence-corrected chi connectivity index (χ0v) is 20.4. The van der Waals surface area contributed by atoms with Gasteiger partial charge in [-0.3, -0.25) is 10.1 Å². The number of nitrogens with zero attached hydrogens (tertiary/aromatic N) is 5. The Labute approximate surface area is 195 Å². The molecule has 2 rings (SSSR count). The van der Waals surface area contributed by atoms with E-state index in [9.17, 15) is 10.1 Å². The number of nitro benzene ring substituents is 1. The number of anilines is 2. The lowest BCUT2D eigenvalue weighted by Gasteiger charge is -2.21. The third-order valence-corrected chi connectivity index (χ3v) is 5.14. The highest BCUT2D eigenvalue weighted by Crippen LogP contribution is 2.24. The number of aryl methyl sites for hydroxylation is 1. The molecule has 0 N–H and O–H groups in total. The van der Waals surface area contributed by atoms with Crippen LogP contribution in [0.15, 0.2) is 36.4 Å². The Kier molecular flexibility index (Phi) is 11.5. The molecule has 0 saturated carbocycles. The molecule has 0 bridgehead atoms. The number of halogens is 1. The molecule has 0 radical (unpaired) electrons. The van der Waals surface area contributed by atoms with Gasteiger partial charge in [0.2, 0.25) is 0 Å². The Bertz CT molecular complexity index is 930. The van der Waals surface area contributed by atoms with Gasteiger partial charge in [0, 0.05) is 64.3 Å². The number of hydrogen-bond donors (Lipinski definition) is 0. The van der Waals surface area contributed by atoms with E-state index in [1.165, 1.54) is 6.07 Å². The lowest BCUT2D eigenvalue weighted by atomic mass is 10.1. The van der Waals surface area contributed by atoms with Crippen molar-refractivity contribution in [2.45, 2.75) is 6.92 Å². The van der Waals surface area contributed by atoms with E-state index in [0.717, 1.165) is 36.6 Å². The van der Waals surface area contributed by atoms with Crippen molar-refractivity contribution >= 4 is 28.7 Å².